The third kappa shape index (κ3) is 2.51. The van der Waals surface area contributed by atoms with Crippen LogP contribution in [-0.2, 0) is 13.6 Å². The third-order valence-electron chi connectivity index (χ3n) is 2.85. The Kier molecular flexibility index (Phi) is 3.32. The van der Waals surface area contributed by atoms with Gasteiger partial charge in [-0.25, -0.2) is 9.78 Å². The van der Waals surface area contributed by atoms with Crippen LogP contribution < -0.4 is 4.90 Å². The highest BCUT2D eigenvalue weighted by molar-refractivity contribution is 5.88. The lowest BCUT2D eigenvalue weighted by Gasteiger charge is -2.19. The summed E-state index contributed by atoms with van der Waals surface area (Å²) in [5.74, 6) is 0.0492. The zero-order valence-corrected chi connectivity index (χ0v) is 10.4. The molecule has 1 aromatic heterocycles. The molecule has 0 aliphatic heterocycles. The summed E-state index contributed by atoms with van der Waals surface area (Å²) in [7, 11) is 3.90. The number of aryl methyl sites for hydroxylation is 1. The van der Waals surface area contributed by atoms with Gasteiger partial charge in [0.15, 0.2) is 0 Å². The Morgan fingerprint density at radius 1 is 1.39 bits per heavy atom. The predicted molar refractivity (Wildman–Crippen MR) is 68.7 cm³/mol. The quantitative estimate of drug-likeness (QED) is 0.891. The number of aromatic carboxylic acids is 1. The van der Waals surface area contributed by atoms with E-state index in [2.05, 4.69) is 4.98 Å². The Morgan fingerprint density at radius 3 is 2.56 bits per heavy atom. The van der Waals surface area contributed by atoms with Crippen LogP contribution in [0.5, 0.6) is 0 Å². The molecule has 0 saturated heterocycles. The van der Waals surface area contributed by atoms with Gasteiger partial charge in [0.2, 0.25) is 0 Å². The number of anilines is 1. The standard InChI is InChI=1S/C13H15N3O2/c1-15-8-7-14-12(15)9-16(2)11-5-3-10(4-6-11)13(17)18/h3-8H,9H2,1-2H3,(H,17,18). The molecule has 2 aromatic rings. The molecule has 1 N–H and O–H groups in total. The first-order chi connectivity index (χ1) is 8.58. The zero-order chi connectivity index (χ0) is 13.1. The van der Waals surface area contributed by atoms with Gasteiger partial charge in [0, 0.05) is 32.2 Å². The van der Waals surface area contributed by atoms with E-state index in [1.165, 1.54) is 0 Å². The van der Waals surface area contributed by atoms with Gasteiger partial charge in [0.05, 0.1) is 12.1 Å². The van der Waals surface area contributed by atoms with Crippen molar-refractivity contribution in [1.82, 2.24) is 9.55 Å². The normalized spacial score (nSPS) is 10.3. The van der Waals surface area contributed by atoms with Crippen molar-refractivity contribution in [2.24, 2.45) is 7.05 Å². The minimum Gasteiger partial charge on any atom is -0.478 e. The molecule has 0 atom stereocenters. The molecule has 0 bridgehead atoms. The fourth-order valence-corrected chi connectivity index (χ4v) is 1.71. The lowest BCUT2D eigenvalue weighted by atomic mass is 10.2. The first kappa shape index (κ1) is 12.2. The van der Waals surface area contributed by atoms with Crippen LogP contribution in [0.25, 0.3) is 0 Å². The molecule has 0 unspecified atom stereocenters. The van der Waals surface area contributed by atoms with Crippen molar-refractivity contribution >= 4 is 11.7 Å². The molecular formula is C13H15N3O2. The lowest BCUT2D eigenvalue weighted by molar-refractivity contribution is 0.0697. The highest BCUT2D eigenvalue weighted by Crippen LogP contribution is 2.15. The predicted octanol–water partition coefficient (Wildman–Crippen LogP) is 1.75. The van der Waals surface area contributed by atoms with Crippen molar-refractivity contribution in [2.75, 3.05) is 11.9 Å². The van der Waals surface area contributed by atoms with E-state index in [1.807, 2.05) is 29.8 Å². The Hall–Kier alpha value is -2.30. The van der Waals surface area contributed by atoms with Crippen LogP contribution in [0.2, 0.25) is 0 Å². The molecule has 0 aliphatic carbocycles. The minimum absolute atomic E-state index is 0.296. The van der Waals surface area contributed by atoms with E-state index in [-0.39, 0.29) is 0 Å². The van der Waals surface area contributed by atoms with Crippen molar-refractivity contribution in [1.29, 1.82) is 0 Å². The van der Waals surface area contributed by atoms with E-state index >= 15 is 0 Å². The Morgan fingerprint density at radius 2 is 2.06 bits per heavy atom. The summed E-state index contributed by atoms with van der Waals surface area (Å²) in [5.41, 5.74) is 1.26. The Labute approximate surface area is 105 Å². The average molecular weight is 245 g/mol. The van der Waals surface area contributed by atoms with Gasteiger partial charge in [-0.1, -0.05) is 0 Å². The molecule has 2 rings (SSSR count). The van der Waals surface area contributed by atoms with Gasteiger partial charge in [0.1, 0.15) is 5.82 Å². The first-order valence-electron chi connectivity index (χ1n) is 5.58. The van der Waals surface area contributed by atoms with Crippen molar-refractivity contribution in [3.05, 3.63) is 48.0 Å². The van der Waals surface area contributed by atoms with Gasteiger partial charge in [-0.2, -0.15) is 0 Å². The highest BCUT2D eigenvalue weighted by Gasteiger charge is 2.07. The topological polar surface area (TPSA) is 58.4 Å². The van der Waals surface area contributed by atoms with E-state index in [0.29, 0.717) is 12.1 Å². The molecule has 0 fully saturated rings. The number of carboxylic acids is 1. The molecule has 5 heteroatoms. The number of hydrogen-bond donors (Lipinski definition) is 1. The number of nitrogens with zero attached hydrogens (tertiary/aromatic N) is 3. The molecule has 0 aliphatic rings. The Balaban J connectivity index is 2.12. The number of rotatable bonds is 4. The van der Waals surface area contributed by atoms with Gasteiger partial charge in [-0.3, -0.25) is 0 Å². The number of aromatic nitrogens is 2. The van der Waals surface area contributed by atoms with E-state index in [0.717, 1.165) is 11.5 Å². The molecule has 5 nitrogen and oxygen atoms in total. The number of carboxylic acid groups (broad SMARTS) is 1. The van der Waals surface area contributed by atoms with Crippen molar-refractivity contribution in [3.8, 4) is 0 Å². The molecular weight excluding hydrogens is 230 g/mol. The van der Waals surface area contributed by atoms with Crippen LogP contribution in [0.4, 0.5) is 5.69 Å². The number of hydrogen-bond acceptors (Lipinski definition) is 3. The van der Waals surface area contributed by atoms with Crippen molar-refractivity contribution < 1.29 is 9.90 Å². The molecule has 0 spiro atoms. The summed E-state index contributed by atoms with van der Waals surface area (Å²) in [6.07, 6.45) is 3.66. The zero-order valence-electron chi connectivity index (χ0n) is 10.4. The fraction of sp³-hybridized carbons (Fsp3) is 0.231. The maximum atomic E-state index is 10.8. The summed E-state index contributed by atoms with van der Waals surface area (Å²) in [5, 5.41) is 8.83. The van der Waals surface area contributed by atoms with Crippen LogP contribution in [-0.4, -0.2) is 27.7 Å². The van der Waals surface area contributed by atoms with Crippen LogP contribution in [0.3, 0.4) is 0 Å². The van der Waals surface area contributed by atoms with Crippen LogP contribution in [0.1, 0.15) is 16.2 Å². The van der Waals surface area contributed by atoms with Gasteiger partial charge >= 0.3 is 5.97 Å². The average Bonchev–Trinajstić information content (AvgIpc) is 2.75. The van der Waals surface area contributed by atoms with Gasteiger partial charge < -0.3 is 14.6 Å². The summed E-state index contributed by atoms with van der Waals surface area (Å²) < 4.78 is 1.96. The van der Waals surface area contributed by atoms with Crippen LogP contribution >= 0.6 is 0 Å². The van der Waals surface area contributed by atoms with Gasteiger partial charge in [-0.05, 0) is 24.3 Å². The molecule has 18 heavy (non-hydrogen) atoms. The number of carbonyl (C=O) groups is 1. The molecule has 0 radical (unpaired) electrons. The van der Waals surface area contributed by atoms with E-state index in [1.54, 1.807) is 30.5 Å². The maximum Gasteiger partial charge on any atom is 0.335 e. The van der Waals surface area contributed by atoms with Crippen molar-refractivity contribution in [2.45, 2.75) is 6.54 Å². The monoisotopic (exact) mass is 245 g/mol. The third-order valence-corrected chi connectivity index (χ3v) is 2.85. The van der Waals surface area contributed by atoms with Gasteiger partial charge in [0.25, 0.3) is 0 Å². The molecule has 1 aromatic carbocycles. The lowest BCUT2D eigenvalue weighted by Crippen LogP contribution is -2.19. The second-order valence-electron chi connectivity index (χ2n) is 4.16. The number of imidazole rings is 1. The summed E-state index contributed by atoms with van der Waals surface area (Å²) in [4.78, 5) is 17.0. The van der Waals surface area contributed by atoms with E-state index < -0.39 is 5.97 Å². The molecule has 0 saturated carbocycles. The van der Waals surface area contributed by atoms with Gasteiger partial charge in [-0.15, -0.1) is 0 Å². The summed E-state index contributed by atoms with van der Waals surface area (Å²) >= 11 is 0. The molecule has 94 valence electrons. The Bertz CT molecular complexity index is 546. The fourth-order valence-electron chi connectivity index (χ4n) is 1.71. The first-order valence-corrected chi connectivity index (χ1v) is 5.58. The summed E-state index contributed by atoms with van der Waals surface area (Å²) in [6.45, 7) is 0.677. The molecule has 1 heterocycles. The number of benzene rings is 1. The highest BCUT2D eigenvalue weighted by atomic mass is 16.4. The summed E-state index contributed by atoms with van der Waals surface area (Å²) in [6, 6.07) is 6.80. The largest absolute Gasteiger partial charge is 0.478 e. The SMILES string of the molecule is CN(Cc1nccn1C)c1ccc(C(=O)O)cc1. The van der Waals surface area contributed by atoms with Crippen LogP contribution in [0, 0.1) is 0 Å². The van der Waals surface area contributed by atoms with E-state index in [4.69, 9.17) is 5.11 Å². The smallest absolute Gasteiger partial charge is 0.335 e. The maximum absolute atomic E-state index is 10.8. The second-order valence-corrected chi connectivity index (χ2v) is 4.16. The van der Waals surface area contributed by atoms with E-state index in [9.17, 15) is 4.79 Å². The molecule has 0 amide bonds. The van der Waals surface area contributed by atoms with Crippen LogP contribution in [0.15, 0.2) is 36.7 Å². The minimum atomic E-state index is -0.909. The second kappa shape index (κ2) is 4.91. The van der Waals surface area contributed by atoms with Crippen molar-refractivity contribution in [3.63, 3.8) is 0 Å².